The molecule has 0 saturated carbocycles. The van der Waals surface area contributed by atoms with E-state index in [1.165, 1.54) is 5.56 Å². The SMILES string of the molecule is COC(CN)CC(=O)Nc1ccc(C)c(C)c1. The lowest BCUT2D eigenvalue weighted by Gasteiger charge is -2.13. The first-order valence-electron chi connectivity index (χ1n) is 5.66. The average Bonchev–Trinajstić information content (AvgIpc) is 2.31. The predicted octanol–water partition coefficient (Wildman–Crippen LogP) is 1.61. The number of anilines is 1. The standard InChI is InChI=1S/C13H20N2O2/c1-9-4-5-11(6-10(9)2)15-13(16)7-12(8-14)17-3/h4-6,12H,7-8,14H2,1-3H3,(H,15,16). The van der Waals surface area contributed by atoms with Crippen molar-refractivity contribution < 1.29 is 9.53 Å². The molecule has 3 N–H and O–H groups in total. The van der Waals surface area contributed by atoms with Gasteiger partial charge in [0, 0.05) is 19.3 Å². The van der Waals surface area contributed by atoms with E-state index < -0.39 is 0 Å². The molecule has 0 radical (unpaired) electrons. The minimum Gasteiger partial charge on any atom is -0.380 e. The zero-order chi connectivity index (χ0) is 12.8. The van der Waals surface area contributed by atoms with Crippen LogP contribution in [0.15, 0.2) is 18.2 Å². The summed E-state index contributed by atoms with van der Waals surface area (Å²) in [5, 5.41) is 2.83. The van der Waals surface area contributed by atoms with Gasteiger partial charge >= 0.3 is 0 Å². The molecular weight excluding hydrogens is 216 g/mol. The Kier molecular flexibility index (Phi) is 5.12. The fourth-order valence-corrected chi connectivity index (χ4v) is 1.50. The van der Waals surface area contributed by atoms with Crippen LogP contribution in [0.25, 0.3) is 0 Å². The molecule has 0 aliphatic carbocycles. The van der Waals surface area contributed by atoms with Gasteiger partial charge in [0.15, 0.2) is 0 Å². The summed E-state index contributed by atoms with van der Waals surface area (Å²) in [4.78, 5) is 11.7. The van der Waals surface area contributed by atoms with E-state index in [9.17, 15) is 4.79 Å². The van der Waals surface area contributed by atoms with Gasteiger partial charge in [-0.15, -0.1) is 0 Å². The number of aryl methyl sites for hydroxylation is 2. The van der Waals surface area contributed by atoms with Crippen LogP contribution in [0, 0.1) is 13.8 Å². The van der Waals surface area contributed by atoms with E-state index in [2.05, 4.69) is 5.32 Å². The molecule has 0 aliphatic heterocycles. The fraction of sp³-hybridized carbons (Fsp3) is 0.462. The maximum atomic E-state index is 11.7. The number of rotatable bonds is 5. The molecule has 1 aromatic carbocycles. The van der Waals surface area contributed by atoms with Crippen molar-refractivity contribution in [3.8, 4) is 0 Å². The van der Waals surface area contributed by atoms with Crippen molar-refractivity contribution in [1.29, 1.82) is 0 Å². The summed E-state index contributed by atoms with van der Waals surface area (Å²) < 4.78 is 5.06. The molecule has 0 saturated heterocycles. The summed E-state index contributed by atoms with van der Waals surface area (Å²) in [6.07, 6.45) is 0.0569. The van der Waals surface area contributed by atoms with Crippen LogP contribution in [-0.2, 0) is 9.53 Å². The number of hydrogen-bond acceptors (Lipinski definition) is 3. The molecule has 0 spiro atoms. The molecule has 1 unspecified atom stereocenters. The molecule has 1 atom stereocenters. The first kappa shape index (κ1) is 13.7. The Labute approximate surface area is 102 Å². The number of amides is 1. The summed E-state index contributed by atoms with van der Waals surface area (Å²) in [5.41, 5.74) is 8.64. The van der Waals surface area contributed by atoms with E-state index in [4.69, 9.17) is 10.5 Å². The van der Waals surface area contributed by atoms with Crippen molar-refractivity contribution >= 4 is 11.6 Å². The molecule has 4 nitrogen and oxygen atoms in total. The lowest BCUT2D eigenvalue weighted by Crippen LogP contribution is -2.28. The highest BCUT2D eigenvalue weighted by molar-refractivity contribution is 5.91. The minimum atomic E-state index is -0.221. The molecule has 0 aromatic heterocycles. The largest absolute Gasteiger partial charge is 0.380 e. The van der Waals surface area contributed by atoms with Crippen molar-refractivity contribution in [2.75, 3.05) is 19.0 Å². The van der Waals surface area contributed by atoms with Crippen molar-refractivity contribution in [3.05, 3.63) is 29.3 Å². The average molecular weight is 236 g/mol. The molecule has 0 aliphatic rings. The Bertz CT molecular complexity index is 387. The summed E-state index contributed by atoms with van der Waals surface area (Å²) in [7, 11) is 1.56. The number of benzene rings is 1. The first-order chi connectivity index (χ1) is 8.06. The third-order valence-corrected chi connectivity index (χ3v) is 2.80. The zero-order valence-corrected chi connectivity index (χ0v) is 10.6. The van der Waals surface area contributed by atoms with Crippen molar-refractivity contribution in [1.82, 2.24) is 0 Å². The van der Waals surface area contributed by atoms with Gasteiger partial charge in [0.05, 0.1) is 12.5 Å². The van der Waals surface area contributed by atoms with Crippen LogP contribution in [0.2, 0.25) is 0 Å². The highest BCUT2D eigenvalue weighted by atomic mass is 16.5. The molecule has 1 rings (SSSR count). The summed E-state index contributed by atoms with van der Waals surface area (Å²) >= 11 is 0. The van der Waals surface area contributed by atoms with Crippen LogP contribution in [0.5, 0.6) is 0 Å². The van der Waals surface area contributed by atoms with Crippen LogP contribution in [0.3, 0.4) is 0 Å². The van der Waals surface area contributed by atoms with Crippen LogP contribution in [0.1, 0.15) is 17.5 Å². The van der Waals surface area contributed by atoms with Gasteiger partial charge in [-0.2, -0.15) is 0 Å². The molecule has 0 bridgehead atoms. The smallest absolute Gasteiger partial charge is 0.227 e. The van der Waals surface area contributed by atoms with E-state index in [-0.39, 0.29) is 18.4 Å². The van der Waals surface area contributed by atoms with Gasteiger partial charge in [0.25, 0.3) is 0 Å². The van der Waals surface area contributed by atoms with Crippen molar-refractivity contribution in [2.45, 2.75) is 26.4 Å². The van der Waals surface area contributed by atoms with E-state index in [0.717, 1.165) is 11.3 Å². The Morgan fingerprint density at radius 2 is 2.12 bits per heavy atom. The molecule has 17 heavy (non-hydrogen) atoms. The van der Waals surface area contributed by atoms with Crippen LogP contribution in [0.4, 0.5) is 5.69 Å². The second kappa shape index (κ2) is 6.37. The highest BCUT2D eigenvalue weighted by Crippen LogP contribution is 2.14. The second-order valence-electron chi connectivity index (χ2n) is 4.14. The Hall–Kier alpha value is -1.39. The Morgan fingerprint density at radius 3 is 2.65 bits per heavy atom. The van der Waals surface area contributed by atoms with Gasteiger partial charge in [-0.1, -0.05) is 6.07 Å². The monoisotopic (exact) mass is 236 g/mol. The minimum absolute atomic E-state index is 0.0782. The maximum absolute atomic E-state index is 11.7. The Morgan fingerprint density at radius 1 is 1.41 bits per heavy atom. The molecule has 1 amide bonds. The van der Waals surface area contributed by atoms with E-state index in [1.54, 1.807) is 7.11 Å². The molecular formula is C13H20N2O2. The number of nitrogens with two attached hydrogens (primary N) is 1. The van der Waals surface area contributed by atoms with Gasteiger partial charge in [-0.3, -0.25) is 4.79 Å². The molecule has 1 aromatic rings. The highest BCUT2D eigenvalue weighted by Gasteiger charge is 2.11. The molecule has 0 fully saturated rings. The van der Waals surface area contributed by atoms with E-state index >= 15 is 0 Å². The quantitative estimate of drug-likeness (QED) is 0.816. The number of methoxy groups -OCH3 is 1. The number of hydrogen-bond donors (Lipinski definition) is 2. The molecule has 4 heteroatoms. The van der Waals surface area contributed by atoms with Gasteiger partial charge in [0.1, 0.15) is 0 Å². The number of carbonyl (C=O) groups excluding carboxylic acids is 1. The molecule has 0 heterocycles. The third-order valence-electron chi connectivity index (χ3n) is 2.80. The number of ether oxygens (including phenoxy) is 1. The van der Waals surface area contributed by atoms with Crippen LogP contribution in [-0.4, -0.2) is 25.7 Å². The summed E-state index contributed by atoms with van der Waals surface area (Å²) in [6, 6.07) is 5.84. The van der Waals surface area contributed by atoms with Gasteiger partial charge < -0.3 is 15.8 Å². The fourth-order valence-electron chi connectivity index (χ4n) is 1.50. The first-order valence-corrected chi connectivity index (χ1v) is 5.66. The topological polar surface area (TPSA) is 64.3 Å². The van der Waals surface area contributed by atoms with E-state index in [0.29, 0.717) is 6.54 Å². The van der Waals surface area contributed by atoms with Crippen LogP contribution >= 0.6 is 0 Å². The van der Waals surface area contributed by atoms with Crippen molar-refractivity contribution in [3.63, 3.8) is 0 Å². The van der Waals surface area contributed by atoms with Gasteiger partial charge in [-0.25, -0.2) is 0 Å². The predicted molar refractivity (Wildman–Crippen MR) is 69.0 cm³/mol. The Balaban J connectivity index is 2.58. The van der Waals surface area contributed by atoms with E-state index in [1.807, 2.05) is 32.0 Å². The lowest BCUT2D eigenvalue weighted by molar-refractivity contribution is -0.118. The van der Waals surface area contributed by atoms with Gasteiger partial charge in [0.2, 0.25) is 5.91 Å². The molecule has 94 valence electrons. The maximum Gasteiger partial charge on any atom is 0.227 e. The number of carbonyl (C=O) groups is 1. The second-order valence-corrected chi connectivity index (χ2v) is 4.14. The van der Waals surface area contributed by atoms with Crippen LogP contribution < -0.4 is 11.1 Å². The number of nitrogens with one attached hydrogen (secondary N) is 1. The summed E-state index contributed by atoms with van der Waals surface area (Å²) in [6.45, 7) is 4.40. The zero-order valence-electron chi connectivity index (χ0n) is 10.6. The van der Waals surface area contributed by atoms with Gasteiger partial charge in [-0.05, 0) is 37.1 Å². The normalized spacial score (nSPS) is 12.2. The lowest BCUT2D eigenvalue weighted by atomic mass is 10.1. The third kappa shape index (κ3) is 4.17. The van der Waals surface area contributed by atoms with Crippen molar-refractivity contribution in [2.24, 2.45) is 5.73 Å². The summed E-state index contributed by atoms with van der Waals surface area (Å²) in [5.74, 6) is -0.0782.